The molecule has 1 fully saturated rings. The number of carbonyl (C=O) groups excluding carboxylic acids is 2. The maximum atomic E-state index is 12.4. The highest BCUT2D eigenvalue weighted by molar-refractivity contribution is 6.30. The lowest BCUT2D eigenvalue weighted by atomic mass is 9.98. The number of amides is 2. The van der Waals surface area contributed by atoms with E-state index in [-0.39, 0.29) is 18.2 Å². The maximum Gasteiger partial charge on any atom is 0.241 e. The van der Waals surface area contributed by atoms with Crippen molar-refractivity contribution in [1.29, 1.82) is 0 Å². The number of hydrogen-bond acceptors (Lipinski definition) is 3. The van der Waals surface area contributed by atoms with Crippen LogP contribution in [0.5, 0.6) is 0 Å². The SMILES string of the molecule is O=C1CC(c2ccc(Cl)cc2)C(=O)N1c1cccnc1. The van der Waals surface area contributed by atoms with Gasteiger partial charge in [-0.05, 0) is 29.8 Å². The van der Waals surface area contributed by atoms with Crippen LogP contribution in [0.4, 0.5) is 5.69 Å². The van der Waals surface area contributed by atoms with Crippen LogP contribution >= 0.6 is 11.6 Å². The van der Waals surface area contributed by atoms with Gasteiger partial charge in [0, 0.05) is 17.6 Å². The van der Waals surface area contributed by atoms with Crippen LogP contribution in [0.25, 0.3) is 0 Å². The summed E-state index contributed by atoms with van der Waals surface area (Å²) < 4.78 is 0. The monoisotopic (exact) mass is 286 g/mol. The quantitative estimate of drug-likeness (QED) is 0.798. The summed E-state index contributed by atoms with van der Waals surface area (Å²) in [5.74, 6) is -0.867. The number of halogens is 1. The first-order valence-corrected chi connectivity index (χ1v) is 6.57. The average molecular weight is 287 g/mol. The third-order valence-electron chi connectivity index (χ3n) is 3.32. The molecule has 0 radical (unpaired) electrons. The van der Waals surface area contributed by atoms with Crippen molar-refractivity contribution in [3.05, 3.63) is 59.4 Å². The van der Waals surface area contributed by atoms with Gasteiger partial charge in [0.15, 0.2) is 0 Å². The Morgan fingerprint density at radius 2 is 1.90 bits per heavy atom. The van der Waals surface area contributed by atoms with E-state index in [2.05, 4.69) is 4.98 Å². The molecule has 1 aliphatic heterocycles. The van der Waals surface area contributed by atoms with Crippen molar-refractivity contribution in [1.82, 2.24) is 4.98 Å². The largest absolute Gasteiger partial charge is 0.274 e. The Morgan fingerprint density at radius 1 is 1.15 bits per heavy atom. The summed E-state index contributed by atoms with van der Waals surface area (Å²) in [5.41, 5.74) is 1.32. The Morgan fingerprint density at radius 3 is 2.55 bits per heavy atom. The van der Waals surface area contributed by atoms with Gasteiger partial charge < -0.3 is 0 Å². The number of pyridine rings is 1. The summed E-state index contributed by atoms with van der Waals surface area (Å²) >= 11 is 5.84. The summed E-state index contributed by atoms with van der Waals surface area (Å²) in [6.45, 7) is 0. The molecule has 0 bridgehead atoms. The molecule has 1 unspecified atom stereocenters. The lowest BCUT2D eigenvalue weighted by Crippen LogP contribution is -2.30. The van der Waals surface area contributed by atoms with Crippen LogP contribution in [0.1, 0.15) is 17.9 Å². The van der Waals surface area contributed by atoms with Gasteiger partial charge in [-0.2, -0.15) is 0 Å². The molecule has 1 saturated heterocycles. The fourth-order valence-corrected chi connectivity index (χ4v) is 2.47. The summed E-state index contributed by atoms with van der Waals surface area (Å²) in [6.07, 6.45) is 3.29. The van der Waals surface area contributed by atoms with Crippen molar-refractivity contribution < 1.29 is 9.59 Å². The molecule has 0 aliphatic carbocycles. The third kappa shape index (κ3) is 2.18. The van der Waals surface area contributed by atoms with Crippen molar-refractivity contribution in [2.75, 3.05) is 4.90 Å². The van der Waals surface area contributed by atoms with Gasteiger partial charge in [-0.25, -0.2) is 4.90 Å². The number of anilines is 1. The van der Waals surface area contributed by atoms with E-state index >= 15 is 0 Å². The van der Waals surface area contributed by atoms with Gasteiger partial charge in [-0.15, -0.1) is 0 Å². The molecule has 0 N–H and O–H groups in total. The van der Waals surface area contributed by atoms with E-state index in [1.807, 2.05) is 0 Å². The second-order valence-electron chi connectivity index (χ2n) is 4.59. The summed E-state index contributed by atoms with van der Waals surface area (Å²) in [5, 5.41) is 0.606. The summed E-state index contributed by atoms with van der Waals surface area (Å²) in [7, 11) is 0. The molecule has 2 aromatic rings. The summed E-state index contributed by atoms with van der Waals surface area (Å²) in [6, 6.07) is 10.4. The predicted octanol–water partition coefficient (Wildman–Crippen LogP) is 2.78. The molecule has 1 aromatic carbocycles. The standard InChI is InChI=1S/C15H11ClN2O2/c16-11-5-3-10(4-6-11)13-8-14(19)18(15(13)20)12-2-1-7-17-9-12/h1-7,9,13H,8H2. The molecule has 3 rings (SSSR count). The molecule has 2 heterocycles. The molecular weight excluding hydrogens is 276 g/mol. The van der Waals surface area contributed by atoms with Gasteiger partial charge >= 0.3 is 0 Å². The van der Waals surface area contributed by atoms with Crippen LogP contribution in [0.15, 0.2) is 48.8 Å². The molecule has 2 amide bonds. The van der Waals surface area contributed by atoms with Crippen LogP contribution in [0.2, 0.25) is 5.02 Å². The van der Waals surface area contributed by atoms with Gasteiger partial charge in [0.25, 0.3) is 0 Å². The number of carbonyl (C=O) groups is 2. The lowest BCUT2D eigenvalue weighted by Gasteiger charge is -2.14. The Kier molecular flexibility index (Phi) is 3.24. The molecule has 0 spiro atoms. The van der Waals surface area contributed by atoms with Crippen LogP contribution in [0, 0.1) is 0 Å². The molecule has 0 saturated carbocycles. The van der Waals surface area contributed by atoms with Gasteiger partial charge in [0.1, 0.15) is 0 Å². The molecule has 4 nitrogen and oxygen atoms in total. The van der Waals surface area contributed by atoms with E-state index < -0.39 is 5.92 Å². The average Bonchev–Trinajstić information content (AvgIpc) is 2.76. The number of hydrogen-bond donors (Lipinski definition) is 0. The summed E-state index contributed by atoms with van der Waals surface area (Å²) in [4.78, 5) is 29.7. The zero-order valence-electron chi connectivity index (χ0n) is 10.5. The van der Waals surface area contributed by atoms with Crippen molar-refractivity contribution in [2.24, 2.45) is 0 Å². The van der Waals surface area contributed by atoms with Crippen LogP contribution in [0.3, 0.4) is 0 Å². The number of nitrogens with zero attached hydrogens (tertiary/aromatic N) is 2. The number of imide groups is 1. The highest BCUT2D eigenvalue weighted by atomic mass is 35.5. The number of benzene rings is 1. The van der Waals surface area contributed by atoms with Crippen LogP contribution in [-0.4, -0.2) is 16.8 Å². The first-order chi connectivity index (χ1) is 9.66. The van der Waals surface area contributed by atoms with Gasteiger partial charge in [0.05, 0.1) is 17.8 Å². The fourth-order valence-electron chi connectivity index (χ4n) is 2.34. The first-order valence-electron chi connectivity index (χ1n) is 6.19. The van der Waals surface area contributed by atoms with E-state index in [4.69, 9.17) is 11.6 Å². The normalized spacial score (nSPS) is 18.6. The van der Waals surface area contributed by atoms with Crippen molar-refractivity contribution in [3.8, 4) is 0 Å². The van der Waals surface area contributed by atoms with E-state index in [0.717, 1.165) is 5.56 Å². The fraction of sp³-hybridized carbons (Fsp3) is 0.133. The van der Waals surface area contributed by atoms with Gasteiger partial charge in [-0.1, -0.05) is 23.7 Å². The molecular formula is C15H11ClN2O2. The van der Waals surface area contributed by atoms with E-state index in [1.165, 1.54) is 11.1 Å². The number of rotatable bonds is 2. The second kappa shape index (κ2) is 5.06. The minimum Gasteiger partial charge on any atom is -0.274 e. The Labute approximate surface area is 121 Å². The smallest absolute Gasteiger partial charge is 0.241 e. The van der Waals surface area contributed by atoms with Crippen LogP contribution in [-0.2, 0) is 9.59 Å². The molecule has 1 aliphatic rings. The first kappa shape index (κ1) is 12.8. The molecule has 20 heavy (non-hydrogen) atoms. The van der Waals surface area contributed by atoms with Gasteiger partial charge in [0.2, 0.25) is 11.8 Å². The Bertz CT molecular complexity index is 655. The third-order valence-corrected chi connectivity index (χ3v) is 3.58. The maximum absolute atomic E-state index is 12.4. The Hall–Kier alpha value is -2.20. The molecule has 5 heteroatoms. The lowest BCUT2D eigenvalue weighted by molar-refractivity contribution is -0.121. The van der Waals surface area contributed by atoms with E-state index in [0.29, 0.717) is 10.7 Å². The molecule has 100 valence electrons. The van der Waals surface area contributed by atoms with Crippen molar-refractivity contribution in [3.63, 3.8) is 0 Å². The molecule has 1 atom stereocenters. The minimum absolute atomic E-state index is 0.176. The molecule has 1 aromatic heterocycles. The zero-order valence-corrected chi connectivity index (χ0v) is 11.2. The highest BCUT2D eigenvalue weighted by Crippen LogP contribution is 2.33. The van der Waals surface area contributed by atoms with Crippen molar-refractivity contribution >= 4 is 29.1 Å². The second-order valence-corrected chi connectivity index (χ2v) is 5.02. The van der Waals surface area contributed by atoms with E-state index in [9.17, 15) is 9.59 Å². The van der Waals surface area contributed by atoms with Crippen LogP contribution < -0.4 is 4.90 Å². The highest BCUT2D eigenvalue weighted by Gasteiger charge is 2.40. The van der Waals surface area contributed by atoms with Gasteiger partial charge in [-0.3, -0.25) is 14.6 Å². The number of aromatic nitrogens is 1. The topological polar surface area (TPSA) is 50.3 Å². The minimum atomic E-state index is -0.444. The van der Waals surface area contributed by atoms with E-state index in [1.54, 1.807) is 42.6 Å². The zero-order chi connectivity index (χ0) is 14.1. The van der Waals surface area contributed by atoms with Crippen molar-refractivity contribution in [2.45, 2.75) is 12.3 Å². The predicted molar refractivity (Wildman–Crippen MR) is 75.5 cm³/mol. The Balaban J connectivity index is 1.93.